The highest BCUT2D eigenvalue weighted by Gasteiger charge is 2.20. The maximum Gasteiger partial charge on any atom is 0.119 e. The molecule has 3 N–H and O–H groups in total. The van der Waals surface area contributed by atoms with Crippen LogP contribution in [0.1, 0.15) is 42.0 Å². The number of H-pyrrole nitrogens is 1. The average molecular weight is 427 g/mol. The summed E-state index contributed by atoms with van der Waals surface area (Å²) < 4.78 is 0. The fourth-order valence-corrected chi connectivity index (χ4v) is 4.96. The average Bonchev–Trinajstić information content (AvgIpc) is 3.16. The van der Waals surface area contributed by atoms with Gasteiger partial charge in [-0.15, -0.1) is 0 Å². The Balaban J connectivity index is 1.93. The Morgan fingerprint density at radius 1 is 0.906 bits per heavy atom. The number of phenolic OH excluding ortho intramolecular Hbond substituents is 1. The van der Waals surface area contributed by atoms with Gasteiger partial charge in [-0.1, -0.05) is 48.4 Å². The van der Waals surface area contributed by atoms with Crippen LogP contribution >= 0.6 is 0 Å². The number of phenols is 1. The standard InChI is InChI=1S/C29H34N2O/c1-5-22-23(10-8-9-15-30-4)27(32)14-13-24(22)28-25-11-6-7-12-26(25)31-29(28)21-17-19(2)16-20(3)18-21/h6-7,11-14,16-18,30-32H,5,8-10,15H2,1-4H3. The van der Waals surface area contributed by atoms with Crippen LogP contribution in [-0.4, -0.2) is 23.7 Å². The lowest BCUT2D eigenvalue weighted by Crippen LogP contribution is -2.08. The van der Waals surface area contributed by atoms with E-state index in [4.69, 9.17) is 0 Å². The summed E-state index contributed by atoms with van der Waals surface area (Å²) in [6.45, 7) is 7.50. The Hall–Kier alpha value is -3.04. The molecule has 4 rings (SSSR count). The monoisotopic (exact) mass is 426 g/mol. The Kier molecular flexibility index (Phi) is 6.66. The highest BCUT2D eigenvalue weighted by molar-refractivity contribution is 6.04. The van der Waals surface area contributed by atoms with Crippen LogP contribution in [0.15, 0.2) is 54.6 Å². The van der Waals surface area contributed by atoms with Crippen molar-refractivity contribution in [2.24, 2.45) is 0 Å². The van der Waals surface area contributed by atoms with E-state index in [0.717, 1.165) is 49.0 Å². The second-order valence-corrected chi connectivity index (χ2v) is 8.80. The normalized spacial score (nSPS) is 11.4. The lowest BCUT2D eigenvalue weighted by atomic mass is 9.88. The zero-order chi connectivity index (χ0) is 22.7. The SMILES string of the molecule is CCc1c(-c2c(-c3cc(C)cc(C)c3)[nH]c3ccccc23)ccc(O)c1CCCCNC. The summed E-state index contributed by atoms with van der Waals surface area (Å²) in [6, 6.07) is 19.3. The molecule has 0 bridgehead atoms. The first kappa shape index (κ1) is 22.2. The van der Waals surface area contributed by atoms with E-state index in [9.17, 15) is 5.11 Å². The van der Waals surface area contributed by atoms with E-state index in [0.29, 0.717) is 5.75 Å². The van der Waals surface area contributed by atoms with Crippen LogP contribution in [0.3, 0.4) is 0 Å². The molecule has 1 aromatic heterocycles. The van der Waals surface area contributed by atoms with Gasteiger partial charge in [-0.3, -0.25) is 0 Å². The van der Waals surface area contributed by atoms with Crippen molar-refractivity contribution in [3.63, 3.8) is 0 Å². The molecule has 3 nitrogen and oxygen atoms in total. The summed E-state index contributed by atoms with van der Waals surface area (Å²) >= 11 is 0. The molecule has 0 fully saturated rings. The predicted octanol–water partition coefficient (Wildman–Crippen LogP) is 6.93. The Morgan fingerprint density at radius 2 is 1.66 bits per heavy atom. The second kappa shape index (κ2) is 9.62. The minimum Gasteiger partial charge on any atom is -0.508 e. The largest absolute Gasteiger partial charge is 0.508 e. The molecule has 0 saturated heterocycles. The number of benzene rings is 3. The number of aromatic nitrogens is 1. The molecule has 166 valence electrons. The quantitative estimate of drug-likeness (QED) is 0.268. The lowest BCUT2D eigenvalue weighted by molar-refractivity contribution is 0.465. The van der Waals surface area contributed by atoms with Crippen LogP contribution in [0.5, 0.6) is 5.75 Å². The zero-order valence-corrected chi connectivity index (χ0v) is 19.7. The van der Waals surface area contributed by atoms with Crippen molar-refractivity contribution < 1.29 is 5.11 Å². The smallest absolute Gasteiger partial charge is 0.119 e. The molecule has 4 aromatic rings. The van der Waals surface area contributed by atoms with Crippen LogP contribution in [0.25, 0.3) is 33.3 Å². The van der Waals surface area contributed by atoms with Crippen molar-refractivity contribution in [2.45, 2.75) is 46.5 Å². The van der Waals surface area contributed by atoms with Gasteiger partial charge in [0.2, 0.25) is 0 Å². The molecule has 0 aliphatic rings. The van der Waals surface area contributed by atoms with Gasteiger partial charge in [-0.05, 0) is 99.6 Å². The third-order valence-corrected chi connectivity index (χ3v) is 6.35. The summed E-state index contributed by atoms with van der Waals surface area (Å²) in [5.74, 6) is 0.419. The minimum absolute atomic E-state index is 0.419. The molecule has 0 saturated carbocycles. The van der Waals surface area contributed by atoms with Gasteiger partial charge in [0.15, 0.2) is 0 Å². The first-order valence-electron chi connectivity index (χ1n) is 11.7. The van der Waals surface area contributed by atoms with Gasteiger partial charge in [0.05, 0.1) is 5.69 Å². The molecule has 0 unspecified atom stereocenters. The predicted molar refractivity (Wildman–Crippen MR) is 137 cm³/mol. The first-order chi connectivity index (χ1) is 15.5. The highest BCUT2D eigenvalue weighted by atomic mass is 16.3. The number of aromatic amines is 1. The van der Waals surface area contributed by atoms with Crippen molar-refractivity contribution in [1.82, 2.24) is 10.3 Å². The summed E-state index contributed by atoms with van der Waals surface area (Å²) in [5, 5.41) is 15.2. The van der Waals surface area contributed by atoms with Gasteiger partial charge in [0, 0.05) is 16.5 Å². The number of aromatic hydroxyl groups is 1. The molecule has 0 atom stereocenters. The number of para-hydroxylation sites is 1. The van der Waals surface area contributed by atoms with Gasteiger partial charge < -0.3 is 15.4 Å². The number of hydrogen-bond donors (Lipinski definition) is 3. The molecule has 3 heteroatoms. The molecule has 32 heavy (non-hydrogen) atoms. The fraction of sp³-hybridized carbons (Fsp3) is 0.310. The highest BCUT2D eigenvalue weighted by Crippen LogP contribution is 2.42. The molecule has 1 heterocycles. The molecule has 0 spiro atoms. The second-order valence-electron chi connectivity index (χ2n) is 8.80. The van der Waals surface area contributed by atoms with E-state index in [-0.39, 0.29) is 0 Å². The minimum atomic E-state index is 0.419. The molecule has 3 aromatic carbocycles. The third-order valence-electron chi connectivity index (χ3n) is 6.35. The van der Waals surface area contributed by atoms with E-state index < -0.39 is 0 Å². The number of unbranched alkanes of at least 4 members (excludes halogenated alkanes) is 1. The summed E-state index contributed by atoms with van der Waals surface area (Å²) in [6.07, 6.45) is 3.94. The Labute approximate surface area is 191 Å². The van der Waals surface area contributed by atoms with Crippen molar-refractivity contribution >= 4 is 10.9 Å². The number of nitrogens with one attached hydrogen (secondary N) is 2. The van der Waals surface area contributed by atoms with Crippen molar-refractivity contribution in [3.05, 3.63) is 76.9 Å². The van der Waals surface area contributed by atoms with Crippen LogP contribution in [-0.2, 0) is 12.8 Å². The molecule has 0 radical (unpaired) electrons. The van der Waals surface area contributed by atoms with E-state index >= 15 is 0 Å². The van der Waals surface area contributed by atoms with E-state index in [2.05, 4.69) is 79.6 Å². The molecular formula is C29H34N2O. The number of fused-ring (bicyclic) bond motifs is 1. The van der Waals surface area contributed by atoms with E-state index in [1.54, 1.807) is 0 Å². The van der Waals surface area contributed by atoms with E-state index in [1.165, 1.54) is 38.8 Å². The van der Waals surface area contributed by atoms with Gasteiger partial charge >= 0.3 is 0 Å². The number of rotatable bonds is 8. The van der Waals surface area contributed by atoms with Gasteiger partial charge in [-0.2, -0.15) is 0 Å². The fourth-order valence-electron chi connectivity index (χ4n) is 4.96. The Morgan fingerprint density at radius 3 is 2.38 bits per heavy atom. The van der Waals surface area contributed by atoms with Crippen molar-refractivity contribution in [3.8, 4) is 28.1 Å². The lowest BCUT2D eigenvalue weighted by Gasteiger charge is -2.17. The van der Waals surface area contributed by atoms with Gasteiger partial charge in [0.1, 0.15) is 5.75 Å². The van der Waals surface area contributed by atoms with Crippen molar-refractivity contribution in [1.29, 1.82) is 0 Å². The topological polar surface area (TPSA) is 48.0 Å². The summed E-state index contributed by atoms with van der Waals surface area (Å²) in [5.41, 5.74) is 10.8. The van der Waals surface area contributed by atoms with Gasteiger partial charge in [0.25, 0.3) is 0 Å². The van der Waals surface area contributed by atoms with Crippen LogP contribution in [0.4, 0.5) is 0 Å². The van der Waals surface area contributed by atoms with Crippen LogP contribution in [0.2, 0.25) is 0 Å². The maximum atomic E-state index is 10.7. The molecule has 0 amide bonds. The number of aryl methyl sites for hydroxylation is 2. The molecule has 0 aliphatic heterocycles. The van der Waals surface area contributed by atoms with E-state index in [1.807, 2.05) is 13.1 Å². The zero-order valence-electron chi connectivity index (χ0n) is 19.7. The third kappa shape index (κ3) is 4.31. The maximum absolute atomic E-state index is 10.7. The summed E-state index contributed by atoms with van der Waals surface area (Å²) in [7, 11) is 1.99. The van der Waals surface area contributed by atoms with Crippen LogP contribution in [0, 0.1) is 13.8 Å². The molecule has 0 aliphatic carbocycles. The Bertz CT molecular complexity index is 1220. The van der Waals surface area contributed by atoms with Crippen LogP contribution < -0.4 is 5.32 Å². The number of hydrogen-bond acceptors (Lipinski definition) is 2. The van der Waals surface area contributed by atoms with Crippen molar-refractivity contribution in [2.75, 3.05) is 13.6 Å². The van der Waals surface area contributed by atoms with Gasteiger partial charge in [-0.25, -0.2) is 0 Å². The molecular weight excluding hydrogens is 392 g/mol. The summed E-state index contributed by atoms with van der Waals surface area (Å²) in [4.78, 5) is 3.71. The first-order valence-corrected chi connectivity index (χ1v) is 11.7.